The lowest BCUT2D eigenvalue weighted by Gasteiger charge is -2.35. The Kier molecular flexibility index (Phi) is 7.11. The number of hydrogen-bond acceptors (Lipinski definition) is 8. The molecule has 2 aliphatic heterocycles. The SMILES string of the molecule is CC[C@@]1(OC(=O)CNC(=S)NC(=O)c2cccc(Br)c2)C(=O)OCc2c1cc1n(c2=O)Cc2cc3ccccc3nc2-1. The van der Waals surface area contributed by atoms with E-state index in [1.807, 2.05) is 30.3 Å². The fourth-order valence-electron chi connectivity index (χ4n) is 5.31. The molecular weight excluding hydrogens is 624 g/mol. The largest absolute Gasteiger partial charge is 0.457 e. The fraction of sp³-hybridized carbons (Fsp3) is 0.200. The highest BCUT2D eigenvalue weighted by Gasteiger charge is 2.50. The van der Waals surface area contributed by atoms with Crippen LogP contribution in [0, 0.1) is 0 Å². The second-order valence-corrected chi connectivity index (χ2v) is 11.2. The van der Waals surface area contributed by atoms with Crippen LogP contribution in [0.3, 0.4) is 0 Å². The highest BCUT2D eigenvalue weighted by Crippen LogP contribution is 2.40. The average molecular weight is 648 g/mol. The van der Waals surface area contributed by atoms with Gasteiger partial charge in [0, 0.05) is 26.5 Å². The van der Waals surface area contributed by atoms with Gasteiger partial charge in [-0.2, -0.15) is 0 Å². The maximum absolute atomic E-state index is 13.6. The molecule has 2 aromatic carbocycles. The molecule has 2 N–H and O–H groups in total. The summed E-state index contributed by atoms with van der Waals surface area (Å²) in [7, 11) is 0. The topological polar surface area (TPSA) is 129 Å². The normalized spacial score (nSPS) is 16.6. The smallest absolute Gasteiger partial charge is 0.355 e. The molecule has 10 nitrogen and oxygen atoms in total. The number of cyclic esters (lactones) is 1. The molecule has 2 aromatic heterocycles. The van der Waals surface area contributed by atoms with E-state index < -0.39 is 30.0 Å². The monoisotopic (exact) mass is 646 g/mol. The van der Waals surface area contributed by atoms with Gasteiger partial charge in [0.15, 0.2) is 5.11 Å². The summed E-state index contributed by atoms with van der Waals surface area (Å²) in [6.45, 7) is 1.32. The van der Waals surface area contributed by atoms with Crippen LogP contribution in [-0.2, 0) is 37.8 Å². The van der Waals surface area contributed by atoms with Crippen LogP contribution in [0.25, 0.3) is 22.3 Å². The Labute approximate surface area is 253 Å². The Morgan fingerprint density at radius 2 is 1.95 bits per heavy atom. The molecule has 12 heteroatoms. The number of para-hydroxylation sites is 1. The van der Waals surface area contributed by atoms with Crippen LogP contribution in [0.1, 0.15) is 40.4 Å². The van der Waals surface area contributed by atoms with Gasteiger partial charge in [0.2, 0.25) is 5.60 Å². The summed E-state index contributed by atoms with van der Waals surface area (Å²) in [6.07, 6.45) is 0.0234. The van der Waals surface area contributed by atoms with Crippen molar-refractivity contribution in [3.05, 3.63) is 97.7 Å². The third-order valence-electron chi connectivity index (χ3n) is 7.38. The van der Waals surface area contributed by atoms with Crippen molar-refractivity contribution in [2.75, 3.05) is 6.54 Å². The zero-order valence-electron chi connectivity index (χ0n) is 22.2. The van der Waals surface area contributed by atoms with E-state index in [4.69, 9.17) is 26.7 Å². The summed E-state index contributed by atoms with van der Waals surface area (Å²) >= 11 is 8.47. The molecule has 42 heavy (non-hydrogen) atoms. The number of benzene rings is 2. The molecule has 4 aromatic rings. The van der Waals surface area contributed by atoms with Crippen molar-refractivity contribution < 1.29 is 23.9 Å². The average Bonchev–Trinajstić information content (AvgIpc) is 3.34. The molecule has 1 amide bonds. The van der Waals surface area contributed by atoms with Crippen LogP contribution in [0.4, 0.5) is 0 Å². The van der Waals surface area contributed by atoms with Crippen LogP contribution in [0.15, 0.2) is 69.9 Å². The summed E-state index contributed by atoms with van der Waals surface area (Å²) in [5, 5.41) is 5.99. The molecular formula is C30H23BrN4O6S. The minimum absolute atomic E-state index is 0.0234. The lowest BCUT2D eigenvalue weighted by Crippen LogP contribution is -2.49. The molecule has 6 rings (SSSR count). The predicted octanol–water partition coefficient (Wildman–Crippen LogP) is 3.70. The van der Waals surface area contributed by atoms with Crippen molar-refractivity contribution in [2.45, 2.75) is 32.1 Å². The van der Waals surface area contributed by atoms with Crippen molar-refractivity contribution in [3.8, 4) is 11.4 Å². The molecule has 0 saturated heterocycles. The Hall–Kier alpha value is -4.42. The van der Waals surface area contributed by atoms with Gasteiger partial charge in [0.1, 0.15) is 13.2 Å². The number of fused-ring (bicyclic) bond motifs is 5. The van der Waals surface area contributed by atoms with E-state index in [-0.39, 0.29) is 34.8 Å². The molecule has 1 atom stereocenters. The third-order valence-corrected chi connectivity index (χ3v) is 8.12. The number of rotatable bonds is 5. The third kappa shape index (κ3) is 4.76. The van der Waals surface area contributed by atoms with Crippen LogP contribution < -0.4 is 16.2 Å². The zero-order valence-corrected chi connectivity index (χ0v) is 24.6. The van der Waals surface area contributed by atoms with E-state index in [1.54, 1.807) is 41.8 Å². The van der Waals surface area contributed by atoms with E-state index in [0.717, 1.165) is 20.9 Å². The van der Waals surface area contributed by atoms with Crippen molar-refractivity contribution in [1.82, 2.24) is 20.2 Å². The summed E-state index contributed by atoms with van der Waals surface area (Å²) in [5.41, 5.74) is 1.54. The molecule has 0 radical (unpaired) electrons. The Morgan fingerprint density at radius 1 is 1.14 bits per heavy atom. The number of nitrogens with one attached hydrogen (secondary N) is 2. The van der Waals surface area contributed by atoms with Crippen LogP contribution >= 0.6 is 28.1 Å². The quantitative estimate of drug-likeness (QED) is 0.217. The second kappa shape index (κ2) is 10.8. The first-order chi connectivity index (χ1) is 20.2. The van der Waals surface area contributed by atoms with Crippen LogP contribution in [-0.4, -0.2) is 39.1 Å². The first-order valence-corrected chi connectivity index (χ1v) is 14.3. The highest BCUT2D eigenvalue weighted by molar-refractivity contribution is 9.10. The lowest BCUT2D eigenvalue weighted by molar-refractivity contribution is -0.188. The molecule has 0 unspecified atom stereocenters. The number of aromatic nitrogens is 2. The molecule has 212 valence electrons. The number of hydrogen-bond donors (Lipinski definition) is 2. The number of esters is 2. The first-order valence-electron chi connectivity index (χ1n) is 13.1. The van der Waals surface area contributed by atoms with Crippen molar-refractivity contribution in [3.63, 3.8) is 0 Å². The number of carbonyl (C=O) groups is 3. The standard InChI is InChI=1S/C30H23BrN4O6S/c1-2-30(41-24(36)13-32-29(42)34-26(37)17-7-5-8-19(31)11-17)21-12-23-25-18(10-16-6-3-4-9-22(16)33-25)14-35(23)27(38)20(21)15-40-28(30)39/h3-12H,2,13-15H2,1H3,(H2,32,34,37,42)/t30-/m0/s1. The van der Waals surface area contributed by atoms with Crippen molar-refractivity contribution in [2.24, 2.45) is 0 Å². The van der Waals surface area contributed by atoms with Crippen molar-refractivity contribution in [1.29, 1.82) is 0 Å². The summed E-state index contributed by atoms with van der Waals surface area (Å²) in [6, 6.07) is 18.1. The summed E-state index contributed by atoms with van der Waals surface area (Å²) < 4.78 is 13.5. The molecule has 2 aliphatic rings. The summed E-state index contributed by atoms with van der Waals surface area (Å²) in [4.78, 5) is 57.1. The first kappa shape index (κ1) is 27.7. The molecule has 0 spiro atoms. The van der Waals surface area contributed by atoms with Crippen molar-refractivity contribution >= 4 is 62.0 Å². The molecule has 0 fully saturated rings. The maximum atomic E-state index is 13.6. The van der Waals surface area contributed by atoms with Gasteiger partial charge < -0.3 is 19.4 Å². The number of amides is 1. The number of ether oxygens (including phenoxy) is 2. The lowest BCUT2D eigenvalue weighted by atomic mass is 9.85. The number of nitrogens with zero attached hydrogens (tertiary/aromatic N) is 2. The molecule has 4 heterocycles. The second-order valence-electron chi connectivity index (χ2n) is 9.88. The van der Waals surface area contributed by atoms with E-state index >= 15 is 0 Å². The fourth-order valence-corrected chi connectivity index (χ4v) is 5.88. The maximum Gasteiger partial charge on any atom is 0.355 e. The Morgan fingerprint density at radius 3 is 2.74 bits per heavy atom. The minimum Gasteiger partial charge on any atom is -0.457 e. The Bertz CT molecular complexity index is 1890. The zero-order chi connectivity index (χ0) is 29.6. The van der Waals surface area contributed by atoms with Gasteiger partial charge in [0.05, 0.1) is 29.0 Å². The van der Waals surface area contributed by atoms with Gasteiger partial charge in [-0.25, -0.2) is 9.78 Å². The van der Waals surface area contributed by atoms with Gasteiger partial charge in [-0.3, -0.25) is 19.7 Å². The van der Waals surface area contributed by atoms with E-state index in [1.165, 1.54) is 0 Å². The van der Waals surface area contributed by atoms with Gasteiger partial charge in [-0.15, -0.1) is 0 Å². The highest BCUT2D eigenvalue weighted by atomic mass is 79.9. The predicted molar refractivity (Wildman–Crippen MR) is 161 cm³/mol. The molecule has 0 bridgehead atoms. The Balaban J connectivity index is 1.26. The van der Waals surface area contributed by atoms with Crippen LogP contribution in [0.5, 0.6) is 0 Å². The van der Waals surface area contributed by atoms with E-state index in [9.17, 15) is 19.2 Å². The molecule has 0 saturated carbocycles. The van der Waals surface area contributed by atoms with Gasteiger partial charge >= 0.3 is 11.9 Å². The number of carbonyl (C=O) groups excluding carboxylic acids is 3. The minimum atomic E-state index is -1.85. The van der Waals surface area contributed by atoms with E-state index in [2.05, 4.69) is 26.6 Å². The number of pyridine rings is 2. The number of thiocarbonyl (C=S) groups is 1. The molecule has 0 aliphatic carbocycles. The summed E-state index contributed by atoms with van der Waals surface area (Å²) in [5.74, 6) is -2.07. The van der Waals surface area contributed by atoms with E-state index in [0.29, 0.717) is 23.5 Å². The van der Waals surface area contributed by atoms with Gasteiger partial charge in [0.25, 0.3) is 11.5 Å². The number of halogens is 1. The van der Waals surface area contributed by atoms with Crippen LogP contribution in [0.2, 0.25) is 0 Å². The van der Waals surface area contributed by atoms with Gasteiger partial charge in [-0.1, -0.05) is 47.1 Å². The van der Waals surface area contributed by atoms with Gasteiger partial charge in [-0.05, 0) is 55.0 Å².